The van der Waals surface area contributed by atoms with Gasteiger partial charge in [0.05, 0.1) is 5.69 Å². The largest absolute Gasteiger partial charge is 0.356 e. The summed E-state index contributed by atoms with van der Waals surface area (Å²) in [5.41, 5.74) is 2.84. The summed E-state index contributed by atoms with van der Waals surface area (Å²) in [7, 11) is 1.83. The molecule has 0 fully saturated rings. The topological polar surface area (TPSA) is 76.0 Å². The van der Waals surface area contributed by atoms with Crippen molar-refractivity contribution >= 4 is 33.6 Å². The first-order chi connectivity index (χ1) is 12.4. The Morgan fingerprint density at radius 3 is 2.50 bits per heavy atom. The Labute approximate surface area is 162 Å². The van der Waals surface area contributed by atoms with E-state index in [4.69, 9.17) is 0 Å². The minimum Gasteiger partial charge on any atom is -0.356 e. The van der Waals surface area contributed by atoms with E-state index < -0.39 is 0 Å². The summed E-state index contributed by atoms with van der Waals surface area (Å²) < 4.78 is 2.72. The van der Waals surface area contributed by atoms with E-state index in [1.165, 1.54) is 6.92 Å². The summed E-state index contributed by atoms with van der Waals surface area (Å²) in [6.07, 6.45) is 3.01. The number of nitrogens with one attached hydrogen (secondary N) is 2. The molecule has 0 spiro atoms. The quantitative estimate of drug-likeness (QED) is 0.637. The summed E-state index contributed by atoms with van der Waals surface area (Å²) in [5, 5.41) is 10.2. The fourth-order valence-corrected chi connectivity index (χ4v) is 3.07. The summed E-state index contributed by atoms with van der Waals surface area (Å²) in [4.78, 5) is 23.1. The molecule has 6 nitrogen and oxygen atoms in total. The van der Waals surface area contributed by atoms with Gasteiger partial charge in [0, 0.05) is 37.0 Å². The standard InChI is InChI=1S/C19H25BrN4O2/c1-13-18(15-8-10-16(20)11-9-15)19(24(3)23-13)22-17(26)7-5-4-6-12-21-14(2)25/h8-11H,4-7,12H2,1-3H3,(H,21,25)(H,22,26). The third-order valence-corrected chi connectivity index (χ3v) is 4.60. The second-order valence-electron chi connectivity index (χ2n) is 6.28. The number of rotatable bonds is 8. The minimum atomic E-state index is -0.0223. The Kier molecular flexibility index (Phi) is 7.38. The van der Waals surface area contributed by atoms with Crippen LogP contribution in [0.15, 0.2) is 28.7 Å². The van der Waals surface area contributed by atoms with Crippen LogP contribution in [0.25, 0.3) is 11.1 Å². The molecule has 0 saturated heterocycles. The molecule has 0 radical (unpaired) electrons. The van der Waals surface area contributed by atoms with E-state index >= 15 is 0 Å². The second kappa shape index (κ2) is 9.52. The molecule has 1 heterocycles. The summed E-state index contributed by atoms with van der Waals surface area (Å²) in [6.45, 7) is 4.10. The van der Waals surface area contributed by atoms with Crippen molar-refractivity contribution < 1.29 is 9.59 Å². The predicted octanol–water partition coefficient (Wildman–Crippen LogP) is 3.79. The maximum Gasteiger partial charge on any atom is 0.225 e. The minimum absolute atomic E-state index is 0.0187. The Morgan fingerprint density at radius 1 is 1.15 bits per heavy atom. The van der Waals surface area contributed by atoms with Gasteiger partial charge in [-0.15, -0.1) is 0 Å². The van der Waals surface area contributed by atoms with Crippen molar-refractivity contribution in [2.45, 2.75) is 39.5 Å². The maximum absolute atomic E-state index is 12.3. The highest BCUT2D eigenvalue weighted by Crippen LogP contribution is 2.32. The van der Waals surface area contributed by atoms with Gasteiger partial charge in [-0.2, -0.15) is 5.10 Å². The van der Waals surface area contributed by atoms with Crippen LogP contribution < -0.4 is 10.6 Å². The number of carbonyl (C=O) groups is 2. The Hall–Kier alpha value is -2.15. The number of amides is 2. The lowest BCUT2D eigenvalue weighted by Gasteiger charge is -2.09. The number of hydrogen-bond acceptors (Lipinski definition) is 3. The maximum atomic E-state index is 12.3. The van der Waals surface area contributed by atoms with E-state index in [1.807, 2.05) is 38.2 Å². The third kappa shape index (κ3) is 5.69. The molecule has 2 N–H and O–H groups in total. The molecule has 0 aliphatic carbocycles. The van der Waals surface area contributed by atoms with Crippen molar-refractivity contribution in [2.24, 2.45) is 7.05 Å². The molecule has 26 heavy (non-hydrogen) atoms. The van der Waals surface area contributed by atoms with Crippen LogP contribution in [0.2, 0.25) is 0 Å². The molecule has 1 aromatic carbocycles. The van der Waals surface area contributed by atoms with Gasteiger partial charge in [0.15, 0.2) is 0 Å². The lowest BCUT2D eigenvalue weighted by molar-refractivity contribution is -0.119. The molecule has 1 aromatic heterocycles. The van der Waals surface area contributed by atoms with Crippen molar-refractivity contribution in [3.63, 3.8) is 0 Å². The number of halogens is 1. The van der Waals surface area contributed by atoms with Crippen molar-refractivity contribution in [2.75, 3.05) is 11.9 Å². The van der Waals surface area contributed by atoms with E-state index in [-0.39, 0.29) is 11.8 Å². The molecule has 2 amide bonds. The van der Waals surface area contributed by atoms with E-state index in [1.54, 1.807) is 4.68 Å². The first kappa shape index (κ1) is 20.2. The van der Waals surface area contributed by atoms with E-state index in [0.717, 1.165) is 40.6 Å². The first-order valence-corrected chi connectivity index (χ1v) is 9.51. The Balaban J connectivity index is 1.95. The van der Waals surface area contributed by atoms with Crippen LogP contribution in [-0.2, 0) is 16.6 Å². The van der Waals surface area contributed by atoms with Gasteiger partial charge in [0.25, 0.3) is 0 Å². The number of aryl methyl sites for hydroxylation is 2. The van der Waals surface area contributed by atoms with E-state index in [9.17, 15) is 9.59 Å². The summed E-state index contributed by atoms with van der Waals surface area (Å²) in [5.74, 6) is 0.675. The van der Waals surface area contributed by atoms with Crippen molar-refractivity contribution in [3.05, 3.63) is 34.4 Å². The molecule has 2 rings (SSSR count). The SMILES string of the molecule is CC(=O)NCCCCCC(=O)Nc1c(-c2ccc(Br)cc2)c(C)nn1C. The van der Waals surface area contributed by atoms with Crippen molar-refractivity contribution in [3.8, 4) is 11.1 Å². The van der Waals surface area contributed by atoms with Gasteiger partial charge in [-0.3, -0.25) is 14.3 Å². The highest BCUT2D eigenvalue weighted by molar-refractivity contribution is 9.10. The number of unbranched alkanes of at least 4 members (excludes halogenated alkanes) is 2. The average molecular weight is 421 g/mol. The molecule has 0 saturated carbocycles. The van der Waals surface area contributed by atoms with Gasteiger partial charge in [0.1, 0.15) is 5.82 Å². The van der Waals surface area contributed by atoms with Gasteiger partial charge >= 0.3 is 0 Å². The molecule has 0 aliphatic heterocycles. The first-order valence-electron chi connectivity index (χ1n) is 8.72. The molecule has 0 bridgehead atoms. The molecule has 0 atom stereocenters. The summed E-state index contributed by atoms with van der Waals surface area (Å²) >= 11 is 3.44. The lowest BCUT2D eigenvalue weighted by Crippen LogP contribution is -2.20. The van der Waals surface area contributed by atoms with Gasteiger partial charge in [-0.05, 0) is 37.5 Å². The molecule has 140 valence electrons. The predicted molar refractivity (Wildman–Crippen MR) is 107 cm³/mol. The molecule has 0 unspecified atom stereocenters. The smallest absolute Gasteiger partial charge is 0.225 e. The Morgan fingerprint density at radius 2 is 1.85 bits per heavy atom. The number of nitrogens with zero attached hydrogens (tertiary/aromatic N) is 2. The van der Waals surface area contributed by atoms with Gasteiger partial charge in [-0.25, -0.2) is 0 Å². The fourth-order valence-electron chi connectivity index (χ4n) is 2.81. The van der Waals surface area contributed by atoms with Gasteiger partial charge < -0.3 is 10.6 Å². The zero-order valence-electron chi connectivity index (χ0n) is 15.4. The van der Waals surface area contributed by atoms with Gasteiger partial charge in [-0.1, -0.05) is 34.5 Å². The second-order valence-corrected chi connectivity index (χ2v) is 7.20. The van der Waals surface area contributed by atoms with Crippen molar-refractivity contribution in [1.29, 1.82) is 0 Å². The molecule has 7 heteroatoms. The van der Waals surface area contributed by atoms with E-state index in [0.29, 0.717) is 18.8 Å². The number of anilines is 1. The third-order valence-electron chi connectivity index (χ3n) is 4.07. The Bertz CT molecular complexity index is 769. The van der Waals surface area contributed by atoms with Crippen LogP contribution >= 0.6 is 15.9 Å². The normalized spacial score (nSPS) is 10.6. The van der Waals surface area contributed by atoms with Crippen LogP contribution in [-0.4, -0.2) is 28.1 Å². The van der Waals surface area contributed by atoms with Crippen LogP contribution in [0.4, 0.5) is 5.82 Å². The number of carbonyl (C=O) groups excluding carboxylic acids is 2. The number of benzene rings is 1. The molecule has 2 aromatic rings. The van der Waals surface area contributed by atoms with Crippen LogP contribution in [0, 0.1) is 6.92 Å². The molecular formula is C19H25BrN4O2. The zero-order valence-corrected chi connectivity index (χ0v) is 17.0. The molecular weight excluding hydrogens is 396 g/mol. The van der Waals surface area contributed by atoms with Crippen LogP contribution in [0.3, 0.4) is 0 Å². The highest BCUT2D eigenvalue weighted by atomic mass is 79.9. The average Bonchev–Trinajstić information content (AvgIpc) is 2.85. The van der Waals surface area contributed by atoms with Crippen molar-refractivity contribution in [1.82, 2.24) is 15.1 Å². The fraction of sp³-hybridized carbons (Fsp3) is 0.421. The number of hydrogen-bond donors (Lipinski definition) is 2. The highest BCUT2D eigenvalue weighted by Gasteiger charge is 2.17. The van der Waals surface area contributed by atoms with Crippen LogP contribution in [0.1, 0.15) is 38.3 Å². The summed E-state index contributed by atoms with van der Waals surface area (Å²) in [6, 6.07) is 7.96. The van der Waals surface area contributed by atoms with Crippen LogP contribution in [0.5, 0.6) is 0 Å². The van der Waals surface area contributed by atoms with E-state index in [2.05, 4.69) is 31.7 Å². The monoisotopic (exact) mass is 420 g/mol. The lowest BCUT2D eigenvalue weighted by atomic mass is 10.1. The molecule has 0 aliphatic rings. The number of aromatic nitrogens is 2. The zero-order chi connectivity index (χ0) is 19.1. The van der Waals surface area contributed by atoms with Gasteiger partial charge in [0.2, 0.25) is 11.8 Å².